The second kappa shape index (κ2) is 6.01. The number of rotatable bonds is 0. The van der Waals surface area contributed by atoms with Crippen molar-refractivity contribution in [3.05, 3.63) is 59.2 Å². The quantitative estimate of drug-likeness (QED) is 0.723. The van der Waals surface area contributed by atoms with Crippen LogP contribution in [0.4, 0.5) is 0 Å². The molecule has 2 atom stereocenters. The van der Waals surface area contributed by atoms with Crippen LogP contribution in [0.3, 0.4) is 0 Å². The zero-order valence-electron chi connectivity index (χ0n) is 11.3. The topological polar surface area (TPSA) is 20.2 Å². The molecule has 0 heterocycles. The van der Waals surface area contributed by atoms with Crippen molar-refractivity contribution in [2.24, 2.45) is 5.92 Å². The molecule has 1 N–H and O–H groups in total. The first-order valence-electron chi connectivity index (χ1n) is 6.99. The van der Waals surface area contributed by atoms with Crippen LogP contribution in [-0.4, -0.2) is 5.11 Å². The molecule has 0 fully saturated rings. The first-order valence-corrected chi connectivity index (χ1v) is 6.99. The fourth-order valence-electron chi connectivity index (χ4n) is 2.73. The molecular weight excluding hydrogens is 220 g/mol. The molecule has 1 unspecified atom stereocenters. The van der Waals surface area contributed by atoms with Crippen molar-refractivity contribution in [1.82, 2.24) is 0 Å². The molecule has 2 aliphatic rings. The fourth-order valence-corrected chi connectivity index (χ4v) is 2.73. The third kappa shape index (κ3) is 2.56. The Morgan fingerprint density at radius 3 is 2.78 bits per heavy atom. The van der Waals surface area contributed by atoms with Crippen LogP contribution in [-0.2, 0) is 6.42 Å². The van der Waals surface area contributed by atoms with Crippen LogP contribution in [0.5, 0.6) is 0 Å². The van der Waals surface area contributed by atoms with E-state index in [4.69, 9.17) is 0 Å². The van der Waals surface area contributed by atoms with Gasteiger partial charge < -0.3 is 5.11 Å². The molecule has 1 aromatic carbocycles. The van der Waals surface area contributed by atoms with Gasteiger partial charge in [0.05, 0.1) is 0 Å². The van der Waals surface area contributed by atoms with E-state index in [0.717, 1.165) is 24.0 Å². The van der Waals surface area contributed by atoms with E-state index in [-0.39, 0.29) is 0 Å². The summed E-state index contributed by atoms with van der Waals surface area (Å²) < 4.78 is 0. The summed E-state index contributed by atoms with van der Waals surface area (Å²) >= 11 is 0. The molecule has 2 aliphatic carbocycles. The van der Waals surface area contributed by atoms with Crippen LogP contribution in [0.2, 0.25) is 0 Å². The maximum atomic E-state index is 10.4. The molecular formula is C17H22O. The smallest absolute Gasteiger partial charge is 0.104 e. The molecule has 1 heteroatoms. The predicted molar refractivity (Wildman–Crippen MR) is 76.4 cm³/mol. The van der Waals surface area contributed by atoms with Gasteiger partial charge in [-0.1, -0.05) is 56.3 Å². The Labute approximate surface area is 110 Å². The average molecular weight is 242 g/mol. The zero-order valence-corrected chi connectivity index (χ0v) is 11.3. The summed E-state index contributed by atoms with van der Waals surface area (Å²) in [6, 6.07) is 8.27. The summed E-state index contributed by atoms with van der Waals surface area (Å²) in [5.41, 5.74) is 3.47. The van der Waals surface area contributed by atoms with Gasteiger partial charge in [-0.3, -0.25) is 0 Å². The van der Waals surface area contributed by atoms with Crippen molar-refractivity contribution >= 4 is 0 Å². The predicted octanol–water partition coefficient (Wildman–Crippen LogP) is 4.19. The summed E-state index contributed by atoms with van der Waals surface area (Å²) in [5.74, 6) is 0.586. The second-order valence-corrected chi connectivity index (χ2v) is 4.71. The van der Waals surface area contributed by atoms with Gasteiger partial charge in [-0.25, -0.2) is 0 Å². The number of allylic oxidation sites excluding steroid dienone is 2. The molecule has 96 valence electrons. The van der Waals surface area contributed by atoms with Gasteiger partial charge in [-0.05, 0) is 41.9 Å². The van der Waals surface area contributed by atoms with E-state index in [1.807, 2.05) is 26.0 Å². The van der Waals surface area contributed by atoms with Crippen LogP contribution >= 0.6 is 0 Å². The Morgan fingerprint density at radius 1 is 1.17 bits per heavy atom. The molecule has 18 heavy (non-hydrogen) atoms. The number of benzene rings is 1. The highest BCUT2D eigenvalue weighted by Crippen LogP contribution is 2.35. The fraction of sp³-hybridized carbons (Fsp3) is 0.412. The van der Waals surface area contributed by atoms with Crippen LogP contribution in [0.25, 0.3) is 0 Å². The Kier molecular flexibility index (Phi) is 4.38. The summed E-state index contributed by atoms with van der Waals surface area (Å²) in [4.78, 5) is 0. The third-order valence-corrected chi connectivity index (χ3v) is 3.59. The van der Waals surface area contributed by atoms with E-state index in [2.05, 4.69) is 30.4 Å². The van der Waals surface area contributed by atoms with Gasteiger partial charge in [0.15, 0.2) is 0 Å². The molecule has 0 saturated carbocycles. The van der Waals surface area contributed by atoms with Crippen molar-refractivity contribution in [3.63, 3.8) is 0 Å². The molecule has 1 nitrogen and oxygen atoms in total. The molecule has 0 amide bonds. The van der Waals surface area contributed by atoms with Gasteiger partial charge >= 0.3 is 0 Å². The van der Waals surface area contributed by atoms with Crippen LogP contribution < -0.4 is 0 Å². The monoisotopic (exact) mass is 242 g/mol. The average Bonchev–Trinajstić information content (AvgIpc) is 2.73. The van der Waals surface area contributed by atoms with E-state index in [1.54, 1.807) is 0 Å². The van der Waals surface area contributed by atoms with Crippen molar-refractivity contribution in [1.29, 1.82) is 0 Å². The van der Waals surface area contributed by atoms with Gasteiger partial charge in [0.1, 0.15) is 6.10 Å². The lowest BCUT2D eigenvalue weighted by atomic mass is 9.93. The molecule has 0 saturated heterocycles. The molecule has 0 spiro atoms. The van der Waals surface area contributed by atoms with Crippen molar-refractivity contribution < 1.29 is 5.11 Å². The standard InChI is InChI=1S/C15H16O.C2H6/c16-15-13-7-2-1-5-11(10-13)9-12-6-3-4-8-14(12)15;1-2/h2-4,6-8,10-11,15-16H,1,5,9H2;1-2H3/t11-,15?;/m1./s1. The van der Waals surface area contributed by atoms with Crippen molar-refractivity contribution in [2.45, 2.75) is 39.2 Å². The van der Waals surface area contributed by atoms with Gasteiger partial charge in [0.2, 0.25) is 0 Å². The lowest BCUT2D eigenvalue weighted by Crippen LogP contribution is -2.03. The summed E-state index contributed by atoms with van der Waals surface area (Å²) in [5, 5.41) is 10.4. The van der Waals surface area contributed by atoms with Crippen LogP contribution in [0.1, 0.15) is 43.9 Å². The lowest BCUT2D eigenvalue weighted by molar-refractivity contribution is 0.219. The molecule has 0 aliphatic heterocycles. The van der Waals surface area contributed by atoms with E-state index < -0.39 is 6.10 Å². The lowest BCUT2D eigenvalue weighted by Gasteiger charge is -2.14. The zero-order chi connectivity index (χ0) is 13.0. The van der Waals surface area contributed by atoms with Gasteiger partial charge in [-0.15, -0.1) is 0 Å². The Morgan fingerprint density at radius 2 is 1.94 bits per heavy atom. The van der Waals surface area contributed by atoms with Crippen molar-refractivity contribution in [2.75, 3.05) is 0 Å². The minimum atomic E-state index is -0.435. The highest BCUT2D eigenvalue weighted by Gasteiger charge is 2.23. The first kappa shape index (κ1) is 13.1. The van der Waals surface area contributed by atoms with E-state index >= 15 is 0 Å². The minimum Gasteiger partial charge on any atom is -0.384 e. The maximum Gasteiger partial charge on any atom is 0.104 e. The number of fused-ring (bicyclic) bond motifs is 2. The Balaban J connectivity index is 0.000000574. The van der Waals surface area contributed by atoms with E-state index in [9.17, 15) is 5.11 Å². The number of aliphatic hydroxyl groups excluding tert-OH is 1. The van der Waals surface area contributed by atoms with Gasteiger partial charge in [0.25, 0.3) is 0 Å². The van der Waals surface area contributed by atoms with Gasteiger partial charge in [0, 0.05) is 0 Å². The Bertz CT molecular complexity index is 456. The molecule has 1 aromatic rings. The first-order chi connectivity index (χ1) is 8.84. The number of hydrogen-bond donors (Lipinski definition) is 1. The Hall–Kier alpha value is -1.34. The number of aliphatic hydroxyl groups is 1. The molecule has 0 aromatic heterocycles. The minimum absolute atomic E-state index is 0.435. The van der Waals surface area contributed by atoms with Crippen molar-refractivity contribution in [3.8, 4) is 0 Å². The second-order valence-electron chi connectivity index (χ2n) is 4.71. The third-order valence-electron chi connectivity index (χ3n) is 3.59. The maximum absolute atomic E-state index is 10.4. The van der Waals surface area contributed by atoms with E-state index in [1.165, 1.54) is 12.0 Å². The largest absolute Gasteiger partial charge is 0.384 e. The molecule has 3 rings (SSSR count). The molecule has 0 radical (unpaired) electrons. The summed E-state index contributed by atoms with van der Waals surface area (Å²) in [6.07, 6.45) is 9.48. The molecule has 2 bridgehead atoms. The number of hydrogen-bond acceptors (Lipinski definition) is 1. The van der Waals surface area contributed by atoms with Gasteiger partial charge in [-0.2, -0.15) is 0 Å². The normalized spacial score (nSPS) is 24.9. The van der Waals surface area contributed by atoms with Crippen LogP contribution in [0, 0.1) is 5.92 Å². The highest BCUT2D eigenvalue weighted by atomic mass is 16.3. The highest BCUT2D eigenvalue weighted by molar-refractivity contribution is 5.41. The van der Waals surface area contributed by atoms with Crippen LogP contribution in [0.15, 0.2) is 48.1 Å². The summed E-state index contributed by atoms with van der Waals surface area (Å²) in [7, 11) is 0. The summed E-state index contributed by atoms with van der Waals surface area (Å²) in [6.45, 7) is 4.00. The SMILES string of the molecule is CC.OC1C2=C[C@H](CCC=C2)Cc2ccccc21. The van der Waals surface area contributed by atoms with E-state index in [0.29, 0.717) is 5.92 Å².